The molecule has 0 aliphatic carbocycles. The number of aromatic nitrogens is 3. The topological polar surface area (TPSA) is 126 Å². The van der Waals surface area contributed by atoms with Gasteiger partial charge in [-0.05, 0) is 36.0 Å². The zero-order chi connectivity index (χ0) is 23.2. The smallest absolute Gasteiger partial charge is 0.241 e. The van der Waals surface area contributed by atoms with Crippen LogP contribution >= 0.6 is 0 Å². The van der Waals surface area contributed by atoms with Crippen molar-refractivity contribution in [3.05, 3.63) is 35.4 Å². The van der Waals surface area contributed by atoms with E-state index in [9.17, 15) is 17.9 Å². The van der Waals surface area contributed by atoms with Crippen LogP contribution in [0, 0.1) is 11.7 Å². The highest BCUT2D eigenvalue weighted by Gasteiger charge is 2.17. The summed E-state index contributed by atoms with van der Waals surface area (Å²) in [5.41, 5.74) is 0.721. The zero-order valence-electron chi connectivity index (χ0n) is 18.4. The van der Waals surface area contributed by atoms with Gasteiger partial charge in [0.2, 0.25) is 21.9 Å². The van der Waals surface area contributed by atoms with Crippen molar-refractivity contribution in [3.8, 4) is 5.75 Å². The monoisotopic (exact) mass is 455 g/mol. The van der Waals surface area contributed by atoms with E-state index < -0.39 is 15.8 Å². The third-order valence-electron chi connectivity index (χ3n) is 4.50. The molecule has 0 radical (unpaired) electrons. The van der Waals surface area contributed by atoms with Gasteiger partial charge in [0.05, 0.1) is 26.0 Å². The number of nitrogens with one attached hydrogen (secondary N) is 2. The summed E-state index contributed by atoms with van der Waals surface area (Å²) in [6.07, 6.45) is 1.99. The number of sulfonamides is 1. The first kappa shape index (κ1) is 24.7. The summed E-state index contributed by atoms with van der Waals surface area (Å²) in [5, 5.41) is 12.7. The van der Waals surface area contributed by atoms with Gasteiger partial charge in [-0.1, -0.05) is 26.8 Å². The maximum atomic E-state index is 14.1. The number of aliphatic hydroxyl groups excluding tert-OH is 1. The van der Waals surface area contributed by atoms with E-state index in [1.54, 1.807) is 12.1 Å². The normalized spacial score (nSPS) is 13.7. The fourth-order valence-corrected chi connectivity index (χ4v) is 3.52. The zero-order valence-corrected chi connectivity index (χ0v) is 19.2. The molecule has 1 aromatic carbocycles. The van der Waals surface area contributed by atoms with Crippen molar-refractivity contribution < 1.29 is 22.7 Å². The minimum Gasteiger partial charge on any atom is -0.494 e. The van der Waals surface area contributed by atoms with E-state index in [1.807, 2.05) is 20.8 Å². The molecule has 3 N–H and O–H groups in total. The van der Waals surface area contributed by atoms with E-state index in [4.69, 9.17) is 4.74 Å². The Hall–Kier alpha value is -2.53. The number of methoxy groups -OCH3 is 1. The molecule has 2 aromatic rings. The number of hydrogen-bond acceptors (Lipinski definition) is 8. The Kier molecular flexibility index (Phi) is 8.52. The van der Waals surface area contributed by atoms with Gasteiger partial charge in [0.25, 0.3) is 0 Å². The fraction of sp³-hybridized carbons (Fsp3) is 0.550. The molecule has 1 unspecified atom stereocenters. The predicted octanol–water partition coefficient (Wildman–Crippen LogP) is 2.56. The first-order valence-electron chi connectivity index (χ1n) is 9.94. The molecule has 0 fully saturated rings. The first-order valence-corrected chi connectivity index (χ1v) is 11.8. The third-order valence-corrected chi connectivity index (χ3v) is 5.05. The van der Waals surface area contributed by atoms with Crippen LogP contribution in [0.3, 0.4) is 0 Å². The Bertz CT molecular complexity index is 988. The summed E-state index contributed by atoms with van der Waals surface area (Å²) < 4.78 is 44.6. The number of ether oxygens (including phenoxy) is 1. The average molecular weight is 456 g/mol. The SMILES string of the molecule is COc1ccc(C(C)Cc2nc(N[C@@H](CO)CC(C)C)nc(NS(C)(=O)=O)n2)cc1F. The summed E-state index contributed by atoms with van der Waals surface area (Å²) in [5.74, 6) is 0.212. The van der Waals surface area contributed by atoms with Crippen molar-refractivity contribution in [1.82, 2.24) is 15.0 Å². The second-order valence-electron chi connectivity index (χ2n) is 7.93. The quantitative estimate of drug-likeness (QED) is 0.472. The minimum absolute atomic E-state index is 0.121. The van der Waals surface area contributed by atoms with Crippen LogP contribution in [0.4, 0.5) is 16.3 Å². The van der Waals surface area contributed by atoms with Crippen molar-refractivity contribution in [2.24, 2.45) is 5.92 Å². The highest BCUT2D eigenvalue weighted by Crippen LogP contribution is 2.25. The number of nitrogens with zero attached hydrogens (tertiary/aromatic N) is 3. The maximum absolute atomic E-state index is 14.1. The lowest BCUT2D eigenvalue weighted by Crippen LogP contribution is -2.27. The molecule has 0 amide bonds. The average Bonchev–Trinajstić information content (AvgIpc) is 2.65. The molecule has 11 heteroatoms. The van der Waals surface area contributed by atoms with Gasteiger partial charge in [-0.15, -0.1) is 0 Å². The second-order valence-corrected chi connectivity index (χ2v) is 9.67. The fourth-order valence-electron chi connectivity index (χ4n) is 3.10. The molecule has 0 saturated carbocycles. The Balaban J connectivity index is 2.31. The van der Waals surface area contributed by atoms with Crippen LogP contribution in [0.25, 0.3) is 0 Å². The van der Waals surface area contributed by atoms with E-state index in [0.29, 0.717) is 24.6 Å². The first-order chi connectivity index (χ1) is 14.5. The van der Waals surface area contributed by atoms with Crippen LogP contribution < -0.4 is 14.8 Å². The highest BCUT2D eigenvalue weighted by atomic mass is 32.2. The summed E-state index contributed by atoms with van der Waals surface area (Å²) in [6.45, 7) is 5.80. The number of halogens is 1. The lowest BCUT2D eigenvalue weighted by molar-refractivity contribution is 0.259. The number of hydrogen-bond donors (Lipinski definition) is 3. The van der Waals surface area contributed by atoms with Crippen LogP contribution in [-0.4, -0.2) is 54.5 Å². The molecule has 0 aliphatic rings. The minimum atomic E-state index is -3.60. The highest BCUT2D eigenvalue weighted by molar-refractivity contribution is 7.91. The van der Waals surface area contributed by atoms with Gasteiger partial charge in [-0.2, -0.15) is 15.0 Å². The molecular formula is C20H30FN5O4S. The Morgan fingerprint density at radius 3 is 2.39 bits per heavy atom. The number of benzene rings is 1. The molecule has 2 rings (SSSR count). The largest absolute Gasteiger partial charge is 0.494 e. The Morgan fingerprint density at radius 1 is 1.16 bits per heavy atom. The van der Waals surface area contributed by atoms with E-state index in [2.05, 4.69) is 25.0 Å². The predicted molar refractivity (Wildman–Crippen MR) is 117 cm³/mol. The number of rotatable bonds is 11. The molecule has 0 bridgehead atoms. The van der Waals surface area contributed by atoms with Gasteiger partial charge < -0.3 is 15.2 Å². The van der Waals surface area contributed by atoms with Crippen LogP contribution in [0.15, 0.2) is 18.2 Å². The Morgan fingerprint density at radius 2 is 1.84 bits per heavy atom. The van der Waals surface area contributed by atoms with Crippen LogP contribution in [0.5, 0.6) is 5.75 Å². The molecular weight excluding hydrogens is 425 g/mol. The third kappa shape index (κ3) is 7.91. The molecule has 0 aliphatic heterocycles. The van der Waals surface area contributed by atoms with Gasteiger partial charge in [0.1, 0.15) is 5.82 Å². The van der Waals surface area contributed by atoms with E-state index >= 15 is 0 Å². The van der Waals surface area contributed by atoms with Crippen LogP contribution in [0.1, 0.15) is 44.5 Å². The van der Waals surface area contributed by atoms with Crippen molar-refractivity contribution >= 4 is 21.9 Å². The van der Waals surface area contributed by atoms with Gasteiger partial charge in [0, 0.05) is 6.42 Å². The van der Waals surface area contributed by atoms with Crippen molar-refractivity contribution in [2.75, 3.05) is 30.0 Å². The van der Waals surface area contributed by atoms with Gasteiger partial charge in [-0.3, -0.25) is 4.72 Å². The van der Waals surface area contributed by atoms with Gasteiger partial charge in [-0.25, -0.2) is 12.8 Å². The van der Waals surface area contributed by atoms with E-state index in [1.165, 1.54) is 13.2 Å². The van der Waals surface area contributed by atoms with E-state index in [-0.39, 0.29) is 36.2 Å². The molecule has 2 atom stereocenters. The molecule has 9 nitrogen and oxygen atoms in total. The molecule has 1 aromatic heterocycles. The van der Waals surface area contributed by atoms with Crippen molar-refractivity contribution in [3.63, 3.8) is 0 Å². The molecule has 0 saturated heterocycles. The number of anilines is 2. The lowest BCUT2D eigenvalue weighted by Gasteiger charge is -2.19. The van der Waals surface area contributed by atoms with Crippen molar-refractivity contribution in [2.45, 2.75) is 45.6 Å². The van der Waals surface area contributed by atoms with E-state index in [0.717, 1.165) is 11.8 Å². The molecule has 0 spiro atoms. The summed E-state index contributed by atoms with van der Waals surface area (Å²) in [4.78, 5) is 12.7. The maximum Gasteiger partial charge on any atom is 0.241 e. The molecule has 1 heterocycles. The summed E-state index contributed by atoms with van der Waals surface area (Å²) >= 11 is 0. The molecule has 172 valence electrons. The summed E-state index contributed by atoms with van der Waals surface area (Å²) in [6, 6.07) is 4.40. The molecule has 31 heavy (non-hydrogen) atoms. The van der Waals surface area contributed by atoms with Crippen LogP contribution in [-0.2, 0) is 16.4 Å². The second kappa shape index (κ2) is 10.7. The van der Waals surface area contributed by atoms with Gasteiger partial charge >= 0.3 is 0 Å². The van der Waals surface area contributed by atoms with Crippen molar-refractivity contribution in [1.29, 1.82) is 0 Å². The lowest BCUT2D eigenvalue weighted by atomic mass is 9.97. The standard InChI is InChI=1S/C20H30FN5O4S/c1-12(2)8-15(11-27)22-19-23-18(24-20(25-19)26-31(5,28)29)9-13(3)14-6-7-17(30-4)16(21)10-14/h6-7,10,12-13,15,27H,8-9,11H2,1-5H3,(H2,22,23,24,25,26)/t13?,15-/m1/s1. The van der Waals surface area contributed by atoms with Crippen LogP contribution in [0.2, 0.25) is 0 Å². The summed E-state index contributed by atoms with van der Waals surface area (Å²) in [7, 11) is -2.20. The number of aliphatic hydroxyl groups is 1. The van der Waals surface area contributed by atoms with Gasteiger partial charge in [0.15, 0.2) is 11.6 Å². The Labute approximate surface area is 182 Å².